The number of hydrogen-bond donors (Lipinski definition) is 0. The van der Waals surface area contributed by atoms with Crippen molar-refractivity contribution in [2.24, 2.45) is 4.99 Å². The van der Waals surface area contributed by atoms with Crippen molar-refractivity contribution >= 4 is 33.4 Å². The molecule has 3 rings (SSSR count). The van der Waals surface area contributed by atoms with Gasteiger partial charge in [0.1, 0.15) is 6.54 Å². The maximum Gasteiger partial charge on any atom is 0.326 e. The molecule has 5 nitrogen and oxygen atoms in total. The zero-order valence-electron chi connectivity index (χ0n) is 14.8. The number of thiazole rings is 1. The Morgan fingerprint density at radius 1 is 1.12 bits per heavy atom. The number of para-hydroxylation sites is 1. The summed E-state index contributed by atoms with van der Waals surface area (Å²) in [5, 5.41) is 0. The van der Waals surface area contributed by atoms with Crippen molar-refractivity contribution in [3.8, 4) is 0 Å². The molecule has 0 spiro atoms. The van der Waals surface area contributed by atoms with Crippen LogP contribution in [-0.2, 0) is 27.3 Å². The molecule has 26 heavy (non-hydrogen) atoms. The zero-order valence-corrected chi connectivity index (χ0v) is 15.6. The summed E-state index contributed by atoms with van der Waals surface area (Å²) in [5.74, 6) is -0.582. The van der Waals surface area contributed by atoms with Crippen molar-refractivity contribution < 1.29 is 14.3 Å². The smallest absolute Gasteiger partial charge is 0.326 e. The Bertz CT molecular complexity index is 1000. The summed E-state index contributed by atoms with van der Waals surface area (Å²) in [6, 6.07) is 15.5. The van der Waals surface area contributed by atoms with E-state index in [0.717, 1.165) is 21.3 Å². The first-order valence-corrected chi connectivity index (χ1v) is 9.25. The van der Waals surface area contributed by atoms with E-state index in [0.29, 0.717) is 11.4 Å². The van der Waals surface area contributed by atoms with E-state index in [2.05, 4.69) is 4.99 Å². The highest BCUT2D eigenvalue weighted by Gasteiger charge is 2.12. The molecule has 1 aromatic heterocycles. The van der Waals surface area contributed by atoms with Crippen LogP contribution in [0.3, 0.4) is 0 Å². The summed E-state index contributed by atoms with van der Waals surface area (Å²) in [4.78, 5) is 29.1. The Kier molecular flexibility index (Phi) is 5.63. The average Bonchev–Trinajstić information content (AvgIpc) is 2.94. The van der Waals surface area contributed by atoms with E-state index in [1.165, 1.54) is 11.3 Å². The predicted molar refractivity (Wildman–Crippen MR) is 102 cm³/mol. The molecular weight excluding hydrogens is 348 g/mol. The summed E-state index contributed by atoms with van der Waals surface area (Å²) in [6.07, 6.45) is 0.230. The van der Waals surface area contributed by atoms with Gasteiger partial charge in [-0.15, -0.1) is 0 Å². The number of fused-ring (bicyclic) bond motifs is 1. The van der Waals surface area contributed by atoms with E-state index in [1.807, 2.05) is 55.5 Å². The molecule has 3 aromatic rings. The summed E-state index contributed by atoms with van der Waals surface area (Å²) in [6.45, 7) is 4.13. The Hall–Kier alpha value is -2.73. The van der Waals surface area contributed by atoms with E-state index in [-0.39, 0.29) is 24.8 Å². The molecule has 134 valence electrons. The van der Waals surface area contributed by atoms with Crippen LogP contribution in [0.2, 0.25) is 0 Å². The molecule has 0 aliphatic rings. The summed E-state index contributed by atoms with van der Waals surface area (Å²) >= 11 is 1.39. The van der Waals surface area contributed by atoms with Gasteiger partial charge in [0.2, 0.25) is 0 Å². The van der Waals surface area contributed by atoms with Gasteiger partial charge >= 0.3 is 5.97 Å². The van der Waals surface area contributed by atoms with Crippen LogP contribution in [0.15, 0.2) is 53.5 Å². The third-order valence-electron chi connectivity index (χ3n) is 3.88. The predicted octanol–water partition coefficient (Wildman–Crippen LogP) is 3.24. The van der Waals surface area contributed by atoms with Gasteiger partial charge in [0.05, 0.1) is 23.2 Å². The summed E-state index contributed by atoms with van der Waals surface area (Å²) < 4.78 is 7.76. The topological polar surface area (TPSA) is 60.7 Å². The standard InChI is InChI=1S/C20H20N2O3S/c1-3-25-19(24)13-22-16-6-4-5-7-17(16)26-20(22)21-18(23)12-15-10-8-14(2)9-11-15/h4-11H,3,12-13H2,1-2H3. The van der Waals surface area contributed by atoms with E-state index >= 15 is 0 Å². The first kappa shape index (κ1) is 18.1. The van der Waals surface area contributed by atoms with Crippen molar-refractivity contribution in [1.29, 1.82) is 0 Å². The van der Waals surface area contributed by atoms with Crippen molar-refractivity contribution in [3.05, 3.63) is 64.5 Å². The minimum absolute atomic E-state index is 0.0362. The van der Waals surface area contributed by atoms with Crippen molar-refractivity contribution in [2.75, 3.05) is 6.61 Å². The number of ether oxygens (including phenoxy) is 1. The highest BCUT2D eigenvalue weighted by Crippen LogP contribution is 2.17. The third kappa shape index (κ3) is 4.26. The quantitative estimate of drug-likeness (QED) is 0.650. The zero-order chi connectivity index (χ0) is 18.5. The fourth-order valence-corrected chi connectivity index (χ4v) is 3.67. The lowest BCUT2D eigenvalue weighted by molar-refractivity contribution is -0.143. The molecule has 0 saturated carbocycles. The number of esters is 1. The van der Waals surface area contributed by atoms with E-state index in [9.17, 15) is 9.59 Å². The second kappa shape index (κ2) is 8.10. The highest BCUT2D eigenvalue weighted by molar-refractivity contribution is 7.16. The van der Waals surface area contributed by atoms with Gasteiger partial charge in [-0.3, -0.25) is 9.59 Å². The van der Waals surface area contributed by atoms with Crippen LogP contribution in [0, 0.1) is 6.92 Å². The number of aromatic nitrogens is 1. The molecule has 0 unspecified atom stereocenters. The number of rotatable bonds is 5. The number of carbonyl (C=O) groups is 2. The molecule has 6 heteroatoms. The monoisotopic (exact) mass is 368 g/mol. The molecule has 2 aromatic carbocycles. The fourth-order valence-electron chi connectivity index (χ4n) is 2.62. The number of amides is 1. The summed E-state index contributed by atoms with van der Waals surface area (Å²) in [5.41, 5.74) is 2.93. The lowest BCUT2D eigenvalue weighted by Gasteiger charge is -2.05. The third-order valence-corrected chi connectivity index (χ3v) is 4.94. The maximum absolute atomic E-state index is 12.4. The Balaban J connectivity index is 1.94. The Labute approximate surface area is 155 Å². The van der Waals surface area contributed by atoms with Crippen LogP contribution in [0.1, 0.15) is 18.1 Å². The lowest BCUT2D eigenvalue weighted by Crippen LogP contribution is -2.23. The normalized spacial score (nSPS) is 11.7. The minimum Gasteiger partial charge on any atom is -0.465 e. The Morgan fingerprint density at radius 2 is 1.85 bits per heavy atom. The molecular formula is C20H20N2O3S. The largest absolute Gasteiger partial charge is 0.465 e. The van der Waals surface area contributed by atoms with Crippen LogP contribution in [0.25, 0.3) is 10.2 Å². The lowest BCUT2D eigenvalue weighted by atomic mass is 10.1. The first-order valence-electron chi connectivity index (χ1n) is 8.44. The highest BCUT2D eigenvalue weighted by atomic mass is 32.1. The second-order valence-electron chi connectivity index (χ2n) is 5.91. The van der Waals surface area contributed by atoms with E-state index in [1.54, 1.807) is 11.5 Å². The molecule has 0 aliphatic carbocycles. The van der Waals surface area contributed by atoms with Gasteiger partial charge in [0.15, 0.2) is 4.80 Å². The molecule has 1 heterocycles. The van der Waals surface area contributed by atoms with Crippen molar-refractivity contribution in [2.45, 2.75) is 26.8 Å². The molecule has 1 amide bonds. The molecule has 0 saturated heterocycles. The SMILES string of the molecule is CCOC(=O)Cn1c(=NC(=O)Cc2ccc(C)cc2)sc2ccccc21. The van der Waals surface area contributed by atoms with Gasteiger partial charge in [-0.25, -0.2) is 0 Å². The molecule has 0 aliphatic heterocycles. The molecule has 0 N–H and O–H groups in total. The number of carbonyl (C=O) groups excluding carboxylic acids is 2. The van der Waals surface area contributed by atoms with Gasteiger partial charge in [0.25, 0.3) is 5.91 Å². The fraction of sp³-hybridized carbons (Fsp3) is 0.250. The van der Waals surface area contributed by atoms with Crippen molar-refractivity contribution in [1.82, 2.24) is 4.57 Å². The van der Waals surface area contributed by atoms with Crippen LogP contribution in [-0.4, -0.2) is 23.1 Å². The van der Waals surface area contributed by atoms with Gasteiger partial charge in [-0.2, -0.15) is 4.99 Å². The van der Waals surface area contributed by atoms with Gasteiger partial charge < -0.3 is 9.30 Å². The second-order valence-corrected chi connectivity index (χ2v) is 6.92. The molecule has 0 fully saturated rings. The van der Waals surface area contributed by atoms with Crippen LogP contribution < -0.4 is 4.80 Å². The van der Waals surface area contributed by atoms with Crippen LogP contribution in [0.5, 0.6) is 0 Å². The number of hydrogen-bond acceptors (Lipinski definition) is 4. The minimum atomic E-state index is -0.344. The van der Waals surface area contributed by atoms with Crippen LogP contribution in [0.4, 0.5) is 0 Å². The Morgan fingerprint density at radius 3 is 2.58 bits per heavy atom. The van der Waals surface area contributed by atoms with Crippen LogP contribution >= 0.6 is 11.3 Å². The molecule has 0 bridgehead atoms. The number of aryl methyl sites for hydroxylation is 1. The average molecular weight is 368 g/mol. The van der Waals surface area contributed by atoms with E-state index in [4.69, 9.17) is 4.74 Å². The van der Waals surface area contributed by atoms with Gasteiger partial charge in [-0.05, 0) is 31.5 Å². The van der Waals surface area contributed by atoms with Crippen molar-refractivity contribution in [3.63, 3.8) is 0 Å². The van der Waals surface area contributed by atoms with Gasteiger partial charge in [0, 0.05) is 0 Å². The molecule has 0 radical (unpaired) electrons. The maximum atomic E-state index is 12.4. The number of benzene rings is 2. The van der Waals surface area contributed by atoms with Gasteiger partial charge in [-0.1, -0.05) is 53.3 Å². The first-order chi connectivity index (χ1) is 12.6. The number of nitrogens with zero attached hydrogens (tertiary/aromatic N) is 2. The van der Waals surface area contributed by atoms with E-state index < -0.39 is 0 Å². The molecule has 0 atom stereocenters. The summed E-state index contributed by atoms with van der Waals surface area (Å²) in [7, 11) is 0.